The molecule has 0 fully saturated rings. The smallest absolute Gasteiger partial charge is 0.218 e. The van der Waals surface area contributed by atoms with Gasteiger partial charge in [0, 0.05) is 19.2 Å². The minimum absolute atomic E-state index is 0.102. The molecule has 0 radical (unpaired) electrons. The Hall–Kier alpha value is -1.36. The lowest BCUT2D eigenvalue weighted by Gasteiger charge is -2.09. The third kappa shape index (κ3) is 4.60. The second-order valence-corrected chi connectivity index (χ2v) is 3.41. The van der Waals surface area contributed by atoms with Crippen molar-refractivity contribution in [1.29, 1.82) is 0 Å². The molecule has 0 amide bonds. The second-order valence-electron chi connectivity index (χ2n) is 3.41. The van der Waals surface area contributed by atoms with E-state index in [4.69, 9.17) is 9.84 Å². The molecular formula is C10H17N3O2. The highest BCUT2D eigenvalue weighted by atomic mass is 16.5. The van der Waals surface area contributed by atoms with E-state index in [1.54, 1.807) is 6.07 Å². The van der Waals surface area contributed by atoms with Crippen molar-refractivity contribution in [3.63, 3.8) is 0 Å². The van der Waals surface area contributed by atoms with Gasteiger partial charge in [0.1, 0.15) is 12.1 Å². The molecule has 15 heavy (non-hydrogen) atoms. The number of aliphatic hydroxyl groups is 1. The van der Waals surface area contributed by atoms with Crippen molar-refractivity contribution in [2.24, 2.45) is 0 Å². The Bertz CT molecular complexity index is 292. The van der Waals surface area contributed by atoms with E-state index in [1.807, 2.05) is 13.8 Å². The summed E-state index contributed by atoms with van der Waals surface area (Å²) < 4.78 is 5.42. The van der Waals surface area contributed by atoms with E-state index in [0.717, 1.165) is 0 Å². The fourth-order valence-corrected chi connectivity index (χ4v) is 1.04. The monoisotopic (exact) mass is 211 g/mol. The molecule has 5 nitrogen and oxygen atoms in total. The van der Waals surface area contributed by atoms with Gasteiger partial charge in [0.2, 0.25) is 5.88 Å². The second kappa shape index (κ2) is 6.19. The van der Waals surface area contributed by atoms with Crippen molar-refractivity contribution in [2.45, 2.75) is 26.4 Å². The number of anilines is 1. The van der Waals surface area contributed by atoms with E-state index in [1.165, 1.54) is 6.33 Å². The normalized spacial score (nSPS) is 10.4. The van der Waals surface area contributed by atoms with Crippen LogP contribution in [0.15, 0.2) is 12.4 Å². The average Bonchev–Trinajstić information content (AvgIpc) is 2.18. The highest BCUT2D eigenvalue weighted by Gasteiger charge is 2.01. The topological polar surface area (TPSA) is 67.3 Å². The van der Waals surface area contributed by atoms with Crippen LogP contribution >= 0.6 is 0 Å². The number of hydrogen-bond acceptors (Lipinski definition) is 5. The number of nitrogens with one attached hydrogen (secondary N) is 1. The lowest BCUT2D eigenvalue weighted by molar-refractivity contribution is 0.232. The molecule has 0 spiro atoms. The molecule has 1 heterocycles. The van der Waals surface area contributed by atoms with Crippen LogP contribution in [-0.4, -0.2) is 34.3 Å². The van der Waals surface area contributed by atoms with Gasteiger partial charge in [-0.1, -0.05) is 0 Å². The van der Waals surface area contributed by atoms with E-state index in [0.29, 0.717) is 24.7 Å². The molecule has 0 saturated heterocycles. The number of aliphatic hydroxyl groups excluding tert-OH is 1. The first kappa shape index (κ1) is 11.7. The summed E-state index contributed by atoms with van der Waals surface area (Å²) in [6, 6.07) is 1.75. The summed E-state index contributed by atoms with van der Waals surface area (Å²) in [6.45, 7) is 4.75. The van der Waals surface area contributed by atoms with Crippen LogP contribution in [0.4, 0.5) is 5.82 Å². The maximum Gasteiger partial charge on any atom is 0.218 e. The first-order valence-electron chi connectivity index (χ1n) is 5.06. The molecule has 0 bridgehead atoms. The molecule has 0 atom stereocenters. The van der Waals surface area contributed by atoms with Gasteiger partial charge in [-0.3, -0.25) is 0 Å². The van der Waals surface area contributed by atoms with Gasteiger partial charge in [0.25, 0.3) is 0 Å². The minimum atomic E-state index is 0.102. The molecule has 0 aliphatic rings. The molecule has 0 aromatic carbocycles. The van der Waals surface area contributed by atoms with Gasteiger partial charge in [-0.05, 0) is 20.3 Å². The molecule has 0 unspecified atom stereocenters. The number of aromatic nitrogens is 2. The summed E-state index contributed by atoms with van der Waals surface area (Å²) in [5, 5.41) is 11.7. The fraction of sp³-hybridized carbons (Fsp3) is 0.600. The van der Waals surface area contributed by atoms with Gasteiger partial charge in [0.15, 0.2) is 0 Å². The van der Waals surface area contributed by atoms with Crippen molar-refractivity contribution in [3.8, 4) is 5.88 Å². The molecule has 0 aliphatic heterocycles. The molecule has 5 heteroatoms. The number of nitrogens with zero attached hydrogens (tertiary/aromatic N) is 2. The fourth-order valence-electron chi connectivity index (χ4n) is 1.04. The van der Waals surface area contributed by atoms with E-state index in [-0.39, 0.29) is 12.7 Å². The van der Waals surface area contributed by atoms with Gasteiger partial charge in [-0.2, -0.15) is 0 Å². The van der Waals surface area contributed by atoms with Crippen LogP contribution in [-0.2, 0) is 0 Å². The summed E-state index contributed by atoms with van der Waals surface area (Å²) in [5.74, 6) is 1.28. The summed E-state index contributed by atoms with van der Waals surface area (Å²) in [5.41, 5.74) is 0. The lowest BCUT2D eigenvalue weighted by Crippen LogP contribution is -2.09. The quantitative estimate of drug-likeness (QED) is 0.689. The van der Waals surface area contributed by atoms with Crippen LogP contribution in [0.25, 0.3) is 0 Å². The average molecular weight is 211 g/mol. The van der Waals surface area contributed by atoms with Gasteiger partial charge >= 0.3 is 0 Å². The Kier molecular flexibility index (Phi) is 4.83. The molecular weight excluding hydrogens is 194 g/mol. The lowest BCUT2D eigenvalue weighted by atomic mass is 10.4. The third-order valence-electron chi connectivity index (χ3n) is 1.64. The van der Waals surface area contributed by atoms with Gasteiger partial charge in [-0.15, -0.1) is 0 Å². The van der Waals surface area contributed by atoms with Crippen LogP contribution in [0.2, 0.25) is 0 Å². The summed E-state index contributed by atoms with van der Waals surface area (Å²) in [6.07, 6.45) is 2.26. The summed E-state index contributed by atoms with van der Waals surface area (Å²) in [4.78, 5) is 8.02. The van der Waals surface area contributed by atoms with E-state index in [9.17, 15) is 0 Å². The summed E-state index contributed by atoms with van der Waals surface area (Å²) >= 11 is 0. The van der Waals surface area contributed by atoms with Crippen LogP contribution in [0.3, 0.4) is 0 Å². The Balaban J connectivity index is 2.50. The highest BCUT2D eigenvalue weighted by molar-refractivity contribution is 5.36. The van der Waals surface area contributed by atoms with Crippen molar-refractivity contribution in [3.05, 3.63) is 12.4 Å². The van der Waals surface area contributed by atoms with Gasteiger partial charge < -0.3 is 15.2 Å². The molecule has 0 aliphatic carbocycles. The van der Waals surface area contributed by atoms with Crippen molar-refractivity contribution < 1.29 is 9.84 Å². The standard InChI is InChI=1S/C10H17N3O2/c1-8(2)15-10-6-9(12-7-13-10)11-4-3-5-14/h6-8,14H,3-5H2,1-2H3,(H,11,12,13). The number of rotatable bonds is 6. The van der Waals surface area contributed by atoms with E-state index in [2.05, 4.69) is 15.3 Å². The minimum Gasteiger partial charge on any atom is -0.475 e. The SMILES string of the molecule is CC(C)Oc1cc(NCCCO)ncn1. The van der Waals surface area contributed by atoms with Gasteiger partial charge in [0.05, 0.1) is 6.10 Å². The zero-order chi connectivity index (χ0) is 11.1. The van der Waals surface area contributed by atoms with Gasteiger partial charge in [-0.25, -0.2) is 9.97 Å². The Morgan fingerprint density at radius 1 is 1.47 bits per heavy atom. The predicted molar refractivity (Wildman–Crippen MR) is 58.0 cm³/mol. The van der Waals surface area contributed by atoms with Crippen LogP contribution < -0.4 is 10.1 Å². The maximum absolute atomic E-state index is 8.62. The van der Waals surface area contributed by atoms with Crippen molar-refractivity contribution in [2.75, 3.05) is 18.5 Å². The Morgan fingerprint density at radius 3 is 2.93 bits per heavy atom. The number of ether oxygens (including phenoxy) is 1. The molecule has 1 aromatic rings. The maximum atomic E-state index is 8.62. The molecule has 1 rings (SSSR count). The first-order valence-corrected chi connectivity index (χ1v) is 5.06. The molecule has 2 N–H and O–H groups in total. The molecule has 1 aromatic heterocycles. The summed E-state index contributed by atoms with van der Waals surface area (Å²) in [7, 11) is 0. The zero-order valence-corrected chi connectivity index (χ0v) is 9.10. The predicted octanol–water partition coefficient (Wildman–Crippen LogP) is 1.06. The van der Waals surface area contributed by atoms with E-state index < -0.39 is 0 Å². The molecule has 0 saturated carbocycles. The van der Waals surface area contributed by atoms with E-state index >= 15 is 0 Å². The Labute approximate surface area is 89.5 Å². The van der Waals surface area contributed by atoms with Crippen LogP contribution in [0.1, 0.15) is 20.3 Å². The van der Waals surface area contributed by atoms with Crippen LogP contribution in [0, 0.1) is 0 Å². The largest absolute Gasteiger partial charge is 0.475 e. The number of hydrogen-bond donors (Lipinski definition) is 2. The zero-order valence-electron chi connectivity index (χ0n) is 9.10. The van der Waals surface area contributed by atoms with Crippen molar-refractivity contribution in [1.82, 2.24) is 9.97 Å². The highest BCUT2D eigenvalue weighted by Crippen LogP contribution is 2.12. The van der Waals surface area contributed by atoms with Crippen LogP contribution in [0.5, 0.6) is 5.88 Å². The Morgan fingerprint density at radius 2 is 2.27 bits per heavy atom. The molecule has 84 valence electrons. The third-order valence-corrected chi connectivity index (χ3v) is 1.64. The van der Waals surface area contributed by atoms with Crippen molar-refractivity contribution >= 4 is 5.82 Å². The first-order chi connectivity index (χ1) is 7.22.